The minimum absolute atomic E-state index is 0.274. The van der Waals surface area contributed by atoms with E-state index in [-0.39, 0.29) is 12.2 Å². The van der Waals surface area contributed by atoms with Gasteiger partial charge in [0.15, 0.2) is 0 Å². The molecule has 0 amide bonds. The van der Waals surface area contributed by atoms with Crippen LogP contribution in [0, 0.1) is 11.8 Å². The summed E-state index contributed by atoms with van der Waals surface area (Å²) in [6, 6.07) is 16.2. The third kappa shape index (κ3) is 6.20. The van der Waals surface area contributed by atoms with E-state index in [1.54, 1.807) is 18.3 Å². The molecule has 3 aromatic carbocycles. The second kappa shape index (κ2) is 11.0. The van der Waals surface area contributed by atoms with Gasteiger partial charge in [-0.1, -0.05) is 44.6 Å². The van der Waals surface area contributed by atoms with Crippen LogP contribution in [0.4, 0.5) is 13.2 Å². The topological polar surface area (TPSA) is 52.6 Å². The summed E-state index contributed by atoms with van der Waals surface area (Å²) >= 11 is 1.66. The maximum atomic E-state index is 12.7. The van der Waals surface area contributed by atoms with Crippen LogP contribution in [0.25, 0.3) is 20.2 Å². The quantitative estimate of drug-likeness (QED) is 0.0979. The zero-order chi connectivity index (χ0) is 26.6. The molecule has 0 fully saturated rings. The van der Waals surface area contributed by atoms with E-state index in [2.05, 4.69) is 35.1 Å². The van der Waals surface area contributed by atoms with Gasteiger partial charge in [0.05, 0.1) is 6.61 Å². The van der Waals surface area contributed by atoms with Crippen LogP contribution in [0.5, 0.6) is 11.5 Å². The molecule has 0 aliphatic carbocycles. The molecular weight excluding hydrogens is 521 g/mol. The number of benzene rings is 3. The summed E-state index contributed by atoms with van der Waals surface area (Å²) < 4.78 is 73.2. The van der Waals surface area contributed by atoms with E-state index in [0.29, 0.717) is 17.7 Å². The Morgan fingerprint density at radius 3 is 2.19 bits per heavy atom. The Kier molecular flexibility index (Phi) is 8.00. The fourth-order valence-electron chi connectivity index (χ4n) is 3.79. The lowest BCUT2D eigenvalue weighted by atomic mass is 10.1. The average Bonchev–Trinajstić information content (AvgIpc) is 3.22. The van der Waals surface area contributed by atoms with Crippen LogP contribution in [0.1, 0.15) is 49.8 Å². The van der Waals surface area contributed by atoms with E-state index >= 15 is 0 Å². The van der Waals surface area contributed by atoms with Crippen LogP contribution in [0.2, 0.25) is 0 Å². The van der Waals surface area contributed by atoms with Crippen LogP contribution in [0.15, 0.2) is 54.6 Å². The van der Waals surface area contributed by atoms with Gasteiger partial charge in [0.25, 0.3) is 0 Å². The smallest absolute Gasteiger partial charge is 0.494 e. The van der Waals surface area contributed by atoms with Crippen molar-refractivity contribution in [3.05, 3.63) is 71.3 Å². The van der Waals surface area contributed by atoms with Gasteiger partial charge in [0.1, 0.15) is 11.5 Å². The molecule has 4 nitrogen and oxygen atoms in total. The van der Waals surface area contributed by atoms with Crippen molar-refractivity contribution in [2.75, 3.05) is 6.61 Å². The first-order valence-corrected chi connectivity index (χ1v) is 14.1. The number of alkyl halides is 3. The highest BCUT2D eigenvalue weighted by Gasteiger charge is 2.48. The van der Waals surface area contributed by atoms with Crippen molar-refractivity contribution in [1.29, 1.82) is 0 Å². The van der Waals surface area contributed by atoms with Gasteiger partial charge in [-0.2, -0.15) is 21.6 Å². The lowest BCUT2D eigenvalue weighted by molar-refractivity contribution is -0.0500. The number of thiophene rings is 1. The monoisotopic (exact) mass is 546 g/mol. The molecule has 0 radical (unpaired) electrons. The van der Waals surface area contributed by atoms with Crippen molar-refractivity contribution >= 4 is 41.6 Å². The minimum Gasteiger partial charge on any atom is -0.494 e. The summed E-state index contributed by atoms with van der Waals surface area (Å²) in [4.78, 5) is 0. The number of halogens is 3. The van der Waals surface area contributed by atoms with E-state index in [1.807, 2.05) is 24.3 Å². The molecule has 1 heterocycles. The highest BCUT2D eigenvalue weighted by Crippen LogP contribution is 2.36. The van der Waals surface area contributed by atoms with Crippen LogP contribution < -0.4 is 8.92 Å². The molecular formula is C28H25F3O4S2. The summed E-state index contributed by atoms with van der Waals surface area (Å²) in [7, 11) is -5.74. The summed E-state index contributed by atoms with van der Waals surface area (Å²) in [5.41, 5.74) is -3.86. The Morgan fingerprint density at radius 2 is 1.51 bits per heavy atom. The lowest BCUT2D eigenvalue weighted by Gasteiger charge is -2.12. The third-order valence-corrected chi connectivity index (χ3v) is 7.82. The molecule has 194 valence electrons. The fourth-order valence-corrected chi connectivity index (χ4v) is 5.46. The molecule has 0 aliphatic heterocycles. The van der Waals surface area contributed by atoms with Crippen molar-refractivity contribution in [3.8, 4) is 23.3 Å². The molecule has 0 atom stereocenters. The molecule has 37 heavy (non-hydrogen) atoms. The molecule has 4 aromatic rings. The number of unbranched alkanes of at least 4 members (excludes halogenated alkanes) is 2. The van der Waals surface area contributed by atoms with Gasteiger partial charge in [-0.05, 0) is 66.9 Å². The third-order valence-electron chi connectivity index (χ3n) is 5.74. The molecule has 0 unspecified atom stereocenters. The van der Waals surface area contributed by atoms with Crippen LogP contribution >= 0.6 is 11.3 Å². The first-order chi connectivity index (χ1) is 17.6. The maximum absolute atomic E-state index is 12.7. The molecule has 0 aliphatic rings. The number of hydrogen-bond acceptors (Lipinski definition) is 5. The molecule has 0 saturated heterocycles. The van der Waals surface area contributed by atoms with Crippen molar-refractivity contribution in [2.24, 2.45) is 0 Å². The largest absolute Gasteiger partial charge is 0.534 e. The second-order valence-corrected chi connectivity index (χ2v) is 11.1. The van der Waals surface area contributed by atoms with E-state index in [4.69, 9.17) is 4.74 Å². The lowest BCUT2D eigenvalue weighted by Crippen LogP contribution is -2.28. The average molecular weight is 547 g/mol. The summed E-state index contributed by atoms with van der Waals surface area (Å²) in [5, 5.41) is 2.28. The Bertz CT molecular complexity index is 1590. The maximum Gasteiger partial charge on any atom is 0.534 e. The van der Waals surface area contributed by atoms with Gasteiger partial charge in [-0.15, -0.1) is 11.3 Å². The zero-order valence-corrected chi connectivity index (χ0v) is 21.9. The van der Waals surface area contributed by atoms with E-state index in [1.165, 1.54) is 18.2 Å². The highest BCUT2D eigenvalue weighted by molar-refractivity contribution is 7.88. The number of rotatable bonds is 8. The van der Waals surface area contributed by atoms with Crippen LogP contribution in [-0.2, 0) is 16.5 Å². The van der Waals surface area contributed by atoms with Crippen LogP contribution in [0.3, 0.4) is 0 Å². The molecule has 9 heteroatoms. The SMILES string of the molecule is CCCCCOc1ccc2c(c1)sc1cc(C#Cc3ccc(OS(=O)(=O)C(F)(F)F)c(CC)c3)ccc12. The predicted molar refractivity (Wildman–Crippen MR) is 142 cm³/mol. The van der Waals surface area contributed by atoms with E-state index < -0.39 is 15.6 Å². The second-order valence-electron chi connectivity index (χ2n) is 8.44. The number of aryl methyl sites for hydroxylation is 1. The molecule has 0 bridgehead atoms. The van der Waals surface area contributed by atoms with E-state index in [9.17, 15) is 21.6 Å². The van der Waals surface area contributed by atoms with Gasteiger partial charge >= 0.3 is 15.6 Å². The first kappa shape index (κ1) is 26.8. The van der Waals surface area contributed by atoms with Crippen LogP contribution in [-0.4, -0.2) is 20.5 Å². The standard InChI is InChI=1S/C28H25F3O4S2/c1-3-5-6-15-34-22-11-13-24-23-12-9-20(17-26(23)36-27(24)18-22)8-7-19-10-14-25(21(4-2)16-19)35-37(32,33)28(29,30)31/h9-14,16-18H,3-6,15H2,1-2H3. The Balaban J connectivity index is 1.56. The zero-order valence-electron chi connectivity index (χ0n) is 20.3. The molecule has 0 N–H and O–H groups in total. The van der Waals surface area contributed by atoms with Gasteiger partial charge in [0.2, 0.25) is 0 Å². The number of ether oxygens (including phenoxy) is 1. The minimum atomic E-state index is -5.74. The Hall–Kier alpha value is -3.22. The van der Waals surface area contributed by atoms with Crippen molar-refractivity contribution in [2.45, 2.75) is 45.0 Å². The number of hydrogen-bond donors (Lipinski definition) is 0. The van der Waals surface area contributed by atoms with Gasteiger partial charge < -0.3 is 8.92 Å². The van der Waals surface area contributed by atoms with E-state index in [0.717, 1.165) is 50.7 Å². The predicted octanol–water partition coefficient (Wildman–Crippen LogP) is 7.81. The first-order valence-electron chi connectivity index (χ1n) is 11.9. The Labute approximate surface area is 218 Å². The number of fused-ring (bicyclic) bond motifs is 3. The fraction of sp³-hybridized carbons (Fsp3) is 0.286. The molecule has 4 rings (SSSR count). The summed E-state index contributed by atoms with van der Waals surface area (Å²) in [6.45, 7) is 4.55. The highest BCUT2D eigenvalue weighted by atomic mass is 32.2. The normalized spacial score (nSPS) is 11.9. The van der Waals surface area contributed by atoms with Gasteiger partial charge in [-0.25, -0.2) is 0 Å². The molecule has 1 aromatic heterocycles. The molecule has 0 spiro atoms. The van der Waals surface area contributed by atoms with Gasteiger partial charge in [0, 0.05) is 31.3 Å². The van der Waals surface area contributed by atoms with Gasteiger partial charge in [-0.3, -0.25) is 0 Å². The summed E-state index contributed by atoms with van der Waals surface area (Å²) in [6.07, 6.45) is 3.60. The Morgan fingerprint density at radius 1 is 0.865 bits per heavy atom. The van der Waals surface area contributed by atoms with Crippen molar-refractivity contribution in [1.82, 2.24) is 0 Å². The molecule has 0 saturated carbocycles. The summed E-state index contributed by atoms with van der Waals surface area (Å²) in [5.74, 6) is 6.59. The van der Waals surface area contributed by atoms with Crippen molar-refractivity contribution < 1.29 is 30.5 Å². The van der Waals surface area contributed by atoms with Crippen molar-refractivity contribution in [3.63, 3.8) is 0 Å².